The molecule has 0 spiro atoms. The third-order valence-corrected chi connectivity index (χ3v) is 5.75. The van der Waals surface area contributed by atoms with Crippen LogP contribution >= 0.6 is 0 Å². The van der Waals surface area contributed by atoms with Gasteiger partial charge in [0.1, 0.15) is 0 Å². The van der Waals surface area contributed by atoms with Crippen molar-refractivity contribution in [3.63, 3.8) is 0 Å². The number of hydrogen-bond donors (Lipinski definition) is 1. The van der Waals surface area contributed by atoms with Crippen LogP contribution in [0.1, 0.15) is 19.3 Å². The second-order valence-corrected chi connectivity index (χ2v) is 7.52. The molecule has 2 aliphatic heterocycles. The number of hydrogen-bond acceptors (Lipinski definition) is 4. The first-order valence-corrected chi connectivity index (χ1v) is 9.03. The fraction of sp³-hybridized carbons (Fsp3) is 0.600. The van der Waals surface area contributed by atoms with Crippen molar-refractivity contribution in [2.45, 2.75) is 36.2 Å². The quantitative estimate of drug-likeness (QED) is 0.908. The zero-order chi connectivity index (χ0) is 14.7. The van der Waals surface area contributed by atoms with Crippen molar-refractivity contribution in [1.29, 1.82) is 0 Å². The second-order valence-electron chi connectivity index (χ2n) is 5.80. The minimum absolute atomic E-state index is 0.144. The summed E-state index contributed by atoms with van der Waals surface area (Å²) in [5.74, 6) is 0. The number of sulfonamides is 1. The topological polar surface area (TPSA) is 58.6 Å². The van der Waals surface area contributed by atoms with E-state index in [0.717, 1.165) is 19.5 Å². The lowest BCUT2D eigenvalue weighted by atomic mass is 10.1. The predicted octanol–water partition coefficient (Wildman–Crippen LogP) is 1.22. The summed E-state index contributed by atoms with van der Waals surface area (Å²) in [7, 11) is -3.46. The van der Waals surface area contributed by atoms with Crippen LogP contribution in [0.15, 0.2) is 35.2 Å². The van der Waals surface area contributed by atoms with Gasteiger partial charge in [0.05, 0.1) is 18.1 Å². The maximum absolute atomic E-state index is 12.3. The second kappa shape index (κ2) is 6.44. The maximum Gasteiger partial charge on any atom is 0.240 e. The van der Waals surface area contributed by atoms with Crippen LogP contribution in [-0.2, 0) is 14.8 Å². The molecule has 1 aromatic carbocycles. The molecule has 0 saturated carbocycles. The van der Waals surface area contributed by atoms with Gasteiger partial charge in [0.15, 0.2) is 0 Å². The number of ether oxygens (including phenoxy) is 1. The van der Waals surface area contributed by atoms with E-state index in [4.69, 9.17) is 4.74 Å². The molecule has 2 aliphatic rings. The molecule has 5 nitrogen and oxygen atoms in total. The van der Waals surface area contributed by atoms with E-state index in [1.807, 2.05) is 6.07 Å². The predicted molar refractivity (Wildman–Crippen MR) is 80.6 cm³/mol. The zero-order valence-corrected chi connectivity index (χ0v) is 12.9. The van der Waals surface area contributed by atoms with Crippen LogP contribution in [0.3, 0.4) is 0 Å². The Kier molecular flexibility index (Phi) is 4.59. The molecule has 2 saturated heterocycles. The lowest BCUT2D eigenvalue weighted by Crippen LogP contribution is -2.50. The summed E-state index contributed by atoms with van der Waals surface area (Å²) in [6.45, 7) is 3.37. The van der Waals surface area contributed by atoms with Crippen molar-refractivity contribution in [2.24, 2.45) is 0 Å². The Hall–Kier alpha value is -0.950. The average Bonchev–Trinajstić information content (AvgIpc) is 3.02. The van der Waals surface area contributed by atoms with E-state index in [9.17, 15) is 8.42 Å². The lowest BCUT2D eigenvalue weighted by molar-refractivity contribution is 0.0119. The molecule has 116 valence electrons. The minimum atomic E-state index is -3.46. The van der Waals surface area contributed by atoms with Crippen molar-refractivity contribution in [3.05, 3.63) is 30.3 Å². The summed E-state index contributed by atoms with van der Waals surface area (Å²) in [4.78, 5) is 2.73. The van der Waals surface area contributed by atoms with Gasteiger partial charge >= 0.3 is 0 Å². The highest BCUT2D eigenvalue weighted by Gasteiger charge is 2.31. The van der Waals surface area contributed by atoms with E-state index in [1.165, 1.54) is 12.8 Å². The van der Waals surface area contributed by atoms with Crippen LogP contribution in [0.2, 0.25) is 0 Å². The molecule has 6 heteroatoms. The molecule has 0 aliphatic carbocycles. The van der Waals surface area contributed by atoms with Gasteiger partial charge in [0.25, 0.3) is 0 Å². The molecule has 2 atom stereocenters. The Labute approximate surface area is 126 Å². The van der Waals surface area contributed by atoms with Crippen LogP contribution in [0, 0.1) is 0 Å². The number of nitrogens with zero attached hydrogens (tertiary/aromatic N) is 1. The molecule has 0 aromatic heterocycles. The SMILES string of the molecule is O=S(=O)(NC1COCC(N2CCCC2)C1)c1ccccc1. The van der Waals surface area contributed by atoms with Gasteiger partial charge in [-0.25, -0.2) is 13.1 Å². The van der Waals surface area contributed by atoms with E-state index in [2.05, 4.69) is 9.62 Å². The van der Waals surface area contributed by atoms with Crippen LogP contribution in [-0.4, -0.2) is 51.7 Å². The molecule has 0 radical (unpaired) electrons. The summed E-state index contributed by atoms with van der Waals surface area (Å²) >= 11 is 0. The van der Waals surface area contributed by atoms with E-state index in [0.29, 0.717) is 24.2 Å². The summed E-state index contributed by atoms with van der Waals surface area (Å²) in [5, 5.41) is 0. The van der Waals surface area contributed by atoms with Gasteiger partial charge < -0.3 is 4.74 Å². The smallest absolute Gasteiger partial charge is 0.240 e. The number of benzene rings is 1. The van der Waals surface area contributed by atoms with Gasteiger partial charge in [0.2, 0.25) is 10.0 Å². The van der Waals surface area contributed by atoms with E-state index in [1.54, 1.807) is 24.3 Å². The van der Waals surface area contributed by atoms with Crippen LogP contribution in [0.4, 0.5) is 0 Å². The summed E-state index contributed by atoms with van der Waals surface area (Å²) in [5.41, 5.74) is 0. The first kappa shape index (κ1) is 15.0. The Morgan fingerprint density at radius 1 is 1.10 bits per heavy atom. The molecule has 3 rings (SSSR count). The van der Waals surface area contributed by atoms with Crippen molar-refractivity contribution >= 4 is 10.0 Å². The van der Waals surface area contributed by atoms with Gasteiger partial charge in [-0.3, -0.25) is 4.90 Å². The molecule has 2 fully saturated rings. The highest BCUT2D eigenvalue weighted by molar-refractivity contribution is 7.89. The Morgan fingerprint density at radius 3 is 2.52 bits per heavy atom. The summed E-state index contributed by atoms with van der Waals surface area (Å²) in [6, 6.07) is 8.71. The lowest BCUT2D eigenvalue weighted by Gasteiger charge is -2.35. The molecule has 1 N–H and O–H groups in total. The fourth-order valence-corrected chi connectivity index (χ4v) is 4.40. The third-order valence-electron chi connectivity index (χ3n) is 4.22. The summed E-state index contributed by atoms with van der Waals surface area (Å²) in [6.07, 6.45) is 3.29. The maximum atomic E-state index is 12.3. The van der Waals surface area contributed by atoms with E-state index in [-0.39, 0.29) is 6.04 Å². The molecule has 2 heterocycles. The normalized spacial score (nSPS) is 27.8. The van der Waals surface area contributed by atoms with E-state index < -0.39 is 10.0 Å². The monoisotopic (exact) mass is 310 g/mol. The molecule has 0 amide bonds. The highest BCUT2D eigenvalue weighted by atomic mass is 32.2. The molecular formula is C15H22N2O3S. The van der Waals surface area contributed by atoms with Gasteiger partial charge in [0, 0.05) is 12.1 Å². The van der Waals surface area contributed by atoms with Gasteiger partial charge in [-0.05, 0) is 44.5 Å². The van der Waals surface area contributed by atoms with Gasteiger partial charge in [-0.2, -0.15) is 0 Å². The zero-order valence-electron chi connectivity index (χ0n) is 12.1. The number of likely N-dealkylation sites (tertiary alicyclic amines) is 1. The average molecular weight is 310 g/mol. The van der Waals surface area contributed by atoms with Crippen LogP contribution in [0.5, 0.6) is 0 Å². The minimum Gasteiger partial charge on any atom is -0.378 e. The van der Waals surface area contributed by atoms with Crippen molar-refractivity contribution in [3.8, 4) is 0 Å². The van der Waals surface area contributed by atoms with Gasteiger partial charge in [-0.15, -0.1) is 0 Å². The van der Waals surface area contributed by atoms with Crippen molar-refractivity contribution in [2.75, 3.05) is 26.3 Å². The Morgan fingerprint density at radius 2 is 1.81 bits per heavy atom. The molecule has 0 bridgehead atoms. The van der Waals surface area contributed by atoms with Crippen molar-refractivity contribution < 1.29 is 13.2 Å². The highest BCUT2D eigenvalue weighted by Crippen LogP contribution is 2.20. The van der Waals surface area contributed by atoms with Gasteiger partial charge in [-0.1, -0.05) is 18.2 Å². The first-order valence-electron chi connectivity index (χ1n) is 7.54. The number of nitrogens with one attached hydrogen (secondary N) is 1. The van der Waals surface area contributed by atoms with Crippen molar-refractivity contribution in [1.82, 2.24) is 9.62 Å². The third kappa shape index (κ3) is 3.63. The fourth-order valence-electron chi connectivity index (χ4n) is 3.14. The Bertz CT molecular complexity index is 556. The molecular weight excluding hydrogens is 288 g/mol. The Balaban J connectivity index is 1.64. The van der Waals surface area contributed by atoms with Crippen LogP contribution in [0.25, 0.3) is 0 Å². The molecule has 21 heavy (non-hydrogen) atoms. The standard InChI is InChI=1S/C15H22N2O3S/c18-21(19,15-6-2-1-3-7-15)16-13-10-14(12-20-11-13)17-8-4-5-9-17/h1-3,6-7,13-14,16H,4-5,8-12H2. The molecule has 1 aromatic rings. The van der Waals surface area contributed by atoms with E-state index >= 15 is 0 Å². The molecule has 2 unspecified atom stereocenters. The number of rotatable bonds is 4. The largest absolute Gasteiger partial charge is 0.378 e. The van der Waals surface area contributed by atoms with Crippen LogP contribution < -0.4 is 4.72 Å². The first-order chi connectivity index (χ1) is 10.1. The summed E-state index contributed by atoms with van der Waals surface area (Å²) < 4.78 is 33.1.